The summed E-state index contributed by atoms with van der Waals surface area (Å²) in [5, 5.41) is 3.90. The van der Waals surface area contributed by atoms with Crippen LogP contribution >= 0.6 is 11.6 Å². The summed E-state index contributed by atoms with van der Waals surface area (Å²) in [6.07, 6.45) is 4.54. The lowest BCUT2D eigenvalue weighted by Crippen LogP contribution is -2.32. The van der Waals surface area contributed by atoms with Crippen molar-refractivity contribution in [2.45, 2.75) is 32.6 Å². The average Bonchev–Trinajstić information content (AvgIpc) is 2.37. The van der Waals surface area contributed by atoms with E-state index >= 15 is 0 Å². The van der Waals surface area contributed by atoms with Crippen molar-refractivity contribution < 1.29 is 4.39 Å². The molecule has 19 heavy (non-hydrogen) atoms. The van der Waals surface area contributed by atoms with Crippen molar-refractivity contribution in [2.75, 3.05) is 13.6 Å². The molecule has 2 rings (SSSR count). The van der Waals surface area contributed by atoms with Crippen molar-refractivity contribution in [2.24, 2.45) is 17.8 Å². The van der Waals surface area contributed by atoms with Gasteiger partial charge in [0, 0.05) is 5.02 Å². The molecule has 3 unspecified atom stereocenters. The van der Waals surface area contributed by atoms with Crippen LogP contribution in [0.3, 0.4) is 0 Å². The second-order valence-electron chi connectivity index (χ2n) is 5.94. The van der Waals surface area contributed by atoms with Crippen LogP contribution in [0.15, 0.2) is 18.2 Å². The van der Waals surface area contributed by atoms with E-state index in [2.05, 4.69) is 12.2 Å². The first-order valence-electron chi connectivity index (χ1n) is 7.18. The Morgan fingerprint density at radius 2 is 2.11 bits per heavy atom. The smallest absolute Gasteiger partial charge is 0.126 e. The molecular weight excluding hydrogens is 261 g/mol. The lowest BCUT2D eigenvalue weighted by molar-refractivity contribution is 0.185. The van der Waals surface area contributed by atoms with E-state index in [9.17, 15) is 4.39 Å². The van der Waals surface area contributed by atoms with Crippen LogP contribution in [0.2, 0.25) is 5.02 Å². The third-order valence-electron chi connectivity index (χ3n) is 4.36. The molecule has 1 N–H and O–H groups in total. The predicted octanol–water partition coefficient (Wildman–Crippen LogP) is 4.29. The maximum Gasteiger partial charge on any atom is 0.126 e. The van der Waals surface area contributed by atoms with Gasteiger partial charge in [0.1, 0.15) is 5.82 Å². The molecule has 0 bridgehead atoms. The van der Waals surface area contributed by atoms with Crippen molar-refractivity contribution in [1.82, 2.24) is 5.32 Å². The van der Waals surface area contributed by atoms with Crippen LogP contribution < -0.4 is 5.32 Å². The molecule has 1 nitrogen and oxygen atoms in total. The third-order valence-corrected chi connectivity index (χ3v) is 4.59. The Morgan fingerprint density at radius 1 is 1.32 bits per heavy atom. The second kappa shape index (κ2) is 6.71. The molecule has 1 aromatic rings. The quantitative estimate of drug-likeness (QED) is 0.869. The number of hydrogen-bond acceptors (Lipinski definition) is 1. The lowest BCUT2D eigenvalue weighted by Gasteiger charge is -2.35. The minimum atomic E-state index is -0.120. The largest absolute Gasteiger partial charge is 0.319 e. The molecule has 0 spiro atoms. The molecule has 106 valence electrons. The Balaban J connectivity index is 2.11. The standard InChI is InChI=1S/C16H23ClFN/c1-11-3-4-12(10-19-2)13(7-11)8-14-9-15(17)5-6-16(14)18/h5-6,9,11-13,19H,3-4,7-8,10H2,1-2H3. The lowest BCUT2D eigenvalue weighted by atomic mass is 9.72. The van der Waals surface area contributed by atoms with E-state index in [0.717, 1.165) is 24.4 Å². The highest BCUT2D eigenvalue weighted by atomic mass is 35.5. The summed E-state index contributed by atoms with van der Waals surface area (Å²) in [5.41, 5.74) is 0.771. The van der Waals surface area contributed by atoms with Gasteiger partial charge in [0.05, 0.1) is 0 Å². The molecule has 0 radical (unpaired) electrons. The first kappa shape index (κ1) is 14.8. The Bertz CT molecular complexity index is 421. The van der Waals surface area contributed by atoms with Gasteiger partial charge in [0.25, 0.3) is 0 Å². The number of halogens is 2. The second-order valence-corrected chi connectivity index (χ2v) is 6.37. The average molecular weight is 284 g/mol. The van der Waals surface area contributed by atoms with Gasteiger partial charge in [-0.05, 0) is 74.4 Å². The van der Waals surface area contributed by atoms with E-state index in [-0.39, 0.29) is 5.82 Å². The molecule has 1 fully saturated rings. The third kappa shape index (κ3) is 3.93. The van der Waals surface area contributed by atoms with Gasteiger partial charge in [-0.3, -0.25) is 0 Å². The van der Waals surface area contributed by atoms with Crippen molar-refractivity contribution in [3.63, 3.8) is 0 Å². The molecule has 0 heterocycles. The summed E-state index contributed by atoms with van der Waals surface area (Å²) in [4.78, 5) is 0. The zero-order valence-electron chi connectivity index (χ0n) is 11.8. The molecule has 1 saturated carbocycles. The Labute approximate surface area is 120 Å². The number of rotatable bonds is 4. The normalized spacial score (nSPS) is 27.5. The Hall–Kier alpha value is -0.600. The Kier molecular flexibility index (Phi) is 5.23. The monoisotopic (exact) mass is 283 g/mol. The molecule has 1 aliphatic rings. The van der Waals surface area contributed by atoms with Gasteiger partial charge in [-0.15, -0.1) is 0 Å². The van der Waals surface area contributed by atoms with Gasteiger partial charge in [0.15, 0.2) is 0 Å². The van der Waals surface area contributed by atoms with Crippen molar-refractivity contribution in [3.05, 3.63) is 34.6 Å². The fourth-order valence-electron chi connectivity index (χ4n) is 3.32. The number of benzene rings is 1. The van der Waals surface area contributed by atoms with E-state index in [1.165, 1.54) is 25.3 Å². The molecule has 1 aromatic carbocycles. The first-order chi connectivity index (χ1) is 9.10. The predicted molar refractivity (Wildman–Crippen MR) is 79.0 cm³/mol. The van der Waals surface area contributed by atoms with Crippen LogP contribution in [0.5, 0.6) is 0 Å². The number of hydrogen-bond donors (Lipinski definition) is 1. The van der Waals surface area contributed by atoms with Crippen molar-refractivity contribution in [3.8, 4) is 0 Å². The highest BCUT2D eigenvalue weighted by Gasteiger charge is 2.28. The fourth-order valence-corrected chi connectivity index (χ4v) is 3.52. The first-order valence-corrected chi connectivity index (χ1v) is 7.56. The van der Waals surface area contributed by atoms with Crippen LogP contribution in [-0.2, 0) is 6.42 Å². The zero-order valence-corrected chi connectivity index (χ0v) is 12.5. The van der Waals surface area contributed by atoms with Gasteiger partial charge in [-0.25, -0.2) is 4.39 Å². The minimum Gasteiger partial charge on any atom is -0.319 e. The maximum absolute atomic E-state index is 13.9. The molecular formula is C16H23ClFN. The summed E-state index contributed by atoms with van der Waals surface area (Å²) < 4.78 is 13.9. The van der Waals surface area contributed by atoms with E-state index in [1.807, 2.05) is 7.05 Å². The highest BCUT2D eigenvalue weighted by Crippen LogP contribution is 2.36. The van der Waals surface area contributed by atoms with Gasteiger partial charge in [-0.1, -0.05) is 24.9 Å². The maximum atomic E-state index is 13.9. The van der Waals surface area contributed by atoms with Crippen molar-refractivity contribution >= 4 is 11.6 Å². The molecule has 0 saturated heterocycles. The Morgan fingerprint density at radius 3 is 2.84 bits per heavy atom. The minimum absolute atomic E-state index is 0.120. The van der Waals surface area contributed by atoms with Gasteiger partial charge < -0.3 is 5.32 Å². The number of nitrogens with one attached hydrogen (secondary N) is 1. The summed E-state index contributed by atoms with van der Waals surface area (Å²) in [6, 6.07) is 4.89. The van der Waals surface area contributed by atoms with Crippen LogP contribution in [0.1, 0.15) is 31.7 Å². The van der Waals surface area contributed by atoms with Crippen LogP contribution in [0.25, 0.3) is 0 Å². The van der Waals surface area contributed by atoms with Crippen molar-refractivity contribution in [1.29, 1.82) is 0 Å². The molecule has 3 atom stereocenters. The van der Waals surface area contributed by atoms with Gasteiger partial charge in [-0.2, -0.15) is 0 Å². The highest BCUT2D eigenvalue weighted by molar-refractivity contribution is 6.30. The zero-order chi connectivity index (χ0) is 13.8. The van der Waals surface area contributed by atoms with Crippen LogP contribution in [0, 0.1) is 23.6 Å². The molecule has 1 aliphatic carbocycles. The van der Waals surface area contributed by atoms with E-state index < -0.39 is 0 Å². The van der Waals surface area contributed by atoms with Crippen LogP contribution in [0.4, 0.5) is 4.39 Å². The van der Waals surface area contributed by atoms with E-state index in [0.29, 0.717) is 16.9 Å². The van der Waals surface area contributed by atoms with Gasteiger partial charge >= 0.3 is 0 Å². The molecule has 0 amide bonds. The van der Waals surface area contributed by atoms with Crippen LogP contribution in [-0.4, -0.2) is 13.6 Å². The van der Waals surface area contributed by atoms with E-state index in [1.54, 1.807) is 12.1 Å². The summed E-state index contributed by atoms with van der Waals surface area (Å²) in [5.74, 6) is 1.84. The topological polar surface area (TPSA) is 12.0 Å². The SMILES string of the molecule is CNCC1CCC(C)CC1Cc1cc(Cl)ccc1F. The molecule has 0 aliphatic heterocycles. The van der Waals surface area contributed by atoms with E-state index in [4.69, 9.17) is 11.6 Å². The fraction of sp³-hybridized carbons (Fsp3) is 0.625. The summed E-state index contributed by atoms with van der Waals surface area (Å²) >= 11 is 5.98. The summed E-state index contributed by atoms with van der Waals surface area (Å²) in [6.45, 7) is 3.33. The summed E-state index contributed by atoms with van der Waals surface area (Å²) in [7, 11) is 2.00. The molecule has 3 heteroatoms. The molecule has 0 aromatic heterocycles. The van der Waals surface area contributed by atoms with Gasteiger partial charge in [0.2, 0.25) is 0 Å².